The number of urea groups is 1. The Bertz CT molecular complexity index is 1090. The molecule has 2 aromatic carbocycles. The number of rotatable bonds is 5. The van der Waals surface area contributed by atoms with Crippen molar-refractivity contribution in [2.75, 3.05) is 5.32 Å². The highest BCUT2D eigenvalue weighted by atomic mass is 16.2. The highest BCUT2D eigenvalue weighted by Crippen LogP contribution is 2.26. The van der Waals surface area contributed by atoms with Gasteiger partial charge in [0.1, 0.15) is 5.54 Å². The molecule has 4 amide bonds. The zero-order chi connectivity index (χ0) is 19.7. The summed E-state index contributed by atoms with van der Waals surface area (Å²) in [6.07, 6.45) is 2.88. The zero-order valence-corrected chi connectivity index (χ0v) is 15.3. The molecule has 0 saturated carbocycles. The van der Waals surface area contributed by atoms with E-state index in [4.69, 9.17) is 0 Å². The van der Waals surface area contributed by atoms with Gasteiger partial charge in [-0.3, -0.25) is 14.9 Å². The normalized spacial score (nSPS) is 18.8. The van der Waals surface area contributed by atoms with Gasteiger partial charge in [0.05, 0.1) is 0 Å². The number of H-pyrrole nitrogens is 1. The van der Waals surface area contributed by atoms with Crippen LogP contribution >= 0.6 is 0 Å². The summed E-state index contributed by atoms with van der Waals surface area (Å²) < 4.78 is 0. The molecule has 0 unspecified atom stereocenters. The molecular formula is C21H20N4O3. The average Bonchev–Trinajstić information content (AvgIpc) is 3.21. The Labute approximate surface area is 161 Å². The van der Waals surface area contributed by atoms with Gasteiger partial charge in [0.25, 0.3) is 5.91 Å². The fourth-order valence-electron chi connectivity index (χ4n) is 3.46. The van der Waals surface area contributed by atoms with Crippen LogP contribution in [0.5, 0.6) is 0 Å². The topological polar surface area (TPSA) is 103 Å². The second-order valence-corrected chi connectivity index (χ2v) is 7.02. The summed E-state index contributed by atoms with van der Waals surface area (Å²) >= 11 is 0. The third-order valence-corrected chi connectivity index (χ3v) is 5.06. The second-order valence-electron chi connectivity index (χ2n) is 7.02. The van der Waals surface area contributed by atoms with E-state index in [1.54, 1.807) is 31.2 Å². The van der Waals surface area contributed by atoms with E-state index in [0.29, 0.717) is 24.1 Å². The number of fused-ring (bicyclic) bond motifs is 1. The molecule has 1 aliphatic heterocycles. The highest BCUT2D eigenvalue weighted by molar-refractivity contribution is 6.07. The van der Waals surface area contributed by atoms with Crippen LogP contribution < -0.4 is 16.0 Å². The lowest BCUT2D eigenvalue weighted by molar-refractivity contribution is -0.123. The van der Waals surface area contributed by atoms with Crippen molar-refractivity contribution < 1.29 is 14.4 Å². The number of carbonyl (C=O) groups is 3. The molecule has 1 atom stereocenters. The fourth-order valence-corrected chi connectivity index (χ4v) is 3.46. The Morgan fingerprint density at radius 3 is 2.71 bits per heavy atom. The molecule has 4 rings (SSSR count). The minimum atomic E-state index is -1.15. The predicted molar refractivity (Wildman–Crippen MR) is 106 cm³/mol. The van der Waals surface area contributed by atoms with Crippen molar-refractivity contribution in [3.05, 3.63) is 65.9 Å². The Balaban J connectivity index is 1.44. The lowest BCUT2D eigenvalue weighted by atomic mass is 9.92. The van der Waals surface area contributed by atoms with Crippen LogP contribution in [0.1, 0.15) is 24.5 Å². The third kappa shape index (κ3) is 3.22. The standard InChI is InChI=1S/C21H20N4O3/c1-21(19(27)24-20(28)25-21)14-5-4-6-15(11-14)23-18(26)10-9-13-12-22-17-8-3-2-7-16(13)17/h2-8,11-12,22H,9-10H2,1H3,(H,23,26)(H2,24,25,27,28)/t21-/m0/s1. The predicted octanol–water partition coefficient (Wildman–Crippen LogP) is 2.79. The van der Waals surface area contributed by atoms with Gasteiger partial charge in [-0.05, 0) is 42.7 Å². The van der Waals surface area contributed by atoms with Crippen molar-refractivity contribution in [2.45, 2.75) is 25.3 Å². The molecule has 0 bridgehead atoms. The van der Waals surface area contributed by atoms with Crippen molar-refractivity contribution >= 4 is 34.4 Å². The van der Waals surface area contributed by atoms with Crippen molar-refractivity contribution in [1.82, 2.24) is 15.6 Å². The number of aromatic amines is 1. The van der Waals surface area contributed by atoms with Crippen LogP contribution in [-0.4, -0.2) is 22.8 Å². The van der Waals surface area contributed by atoms with Gasteiger partial charge in [0.2, 0.25) is 5.91 Å². The Kier molecular flexibility index (Phi) is 4.35. The summed E-state index contributed by atoms with van der Waals surface area (Å²) in [7, 11) is 0. The van der Waals surface area contributed by atoms with Crippen molar-refractivity contribution in [3.63, 3.8) is 0 Å². The fraction of sp³-hybridized carbons (Fsp3) is 0.190. The van der Waals surface area contributed by atoms with E-state index in [0.717, 1.165) is 16.5 Å². The van der Waals surface area contributed by atoms with Crippen molar-refractivity contribution in [1.29, 1.82) is 0 Å². The summed E-state index contributed by atoms with van der Waals surface area (Å²) in [5, 5.41) is 8.84. The molecule has 1 fully saturated rings. The molecule has 7 heteroatoms. The lowest BCUT2D eigenvalue weighted by Crippen LogP contribution is -2.40. The van der Waals surface area contributed by atoms with E-state index >= 15 is 0 Å². The first-order valence-corrected chi connectivity index (χ1v) is 9.05. The van der Waals surface area contributed by atoms with E-state index in [9.17, 15) is 14.4 Å². The molecular weight excluding hydrogens is 356 g/mol. The third-order valence-electron chi connectivity index (χ3n) is 5.06. The molecule has 0 aliphatic carbocycles. The van der Waals surface area contributed by atoms with E-state index in [1.165, 1.54) is 0 Å². The van der Waals surface area contributed by atoms with Crippen LogP contribution in [0.4, 0.5) is 10.5 Å². The molecule has 2 heterocycles. The van der Waals surface area contributed by atoms with E-state index < -0.39 is 17.5 Å². The average molecular weight is 376 g/mol. The smallest absolute Gasteiger partial charge is 0.322 e. The summed E-state index contributed by atoms with van der Waals surface area (Å²) in [6.45, 7) is 1.63. The van der Waals surface area contributed by atoms with Crippen LogP contribution in [-0.2, 0) is 21.5 Å². The van der Waals surface area contributed by atoms with Crippen LogP contribution in [0, 0.1) is 0 Å². The summed E-state index contributed by atoms with van der Waals surface area (Å²) in [5.41, 5.74) is 2.18. The monoisotopic (exact) mass is 376 g/mol. The van der Waals surface area contributed by atoms with Gasteiger partial charge in [0, 0.05) is 29.2 Å². The van der Waals surface area contributed by atoms with Gasteiger partial charge >= 0.3 is 6.03 Å². The maximum atomic E-state index is 12.4. The summed E-state index contributed by atoms with van der Waals surface area (Å²) in [5.74, 6) is -0.534. The van der Waals surface area contributed by atoms with E-state index in [-0.39, 0.29) is 5.91 Å². The first kappa shape index (κ1) is 17.8. The van der Waals surface area contributed by atoms with Crippen LogP contribution in [0.25, 0.3) is 10.9 Å². The quantitative estimate of drug-likeness (QED) is 0.515. The zero-order valence-electron chi connectivity index (χ0n) is 15.3. The number of aryl methyl sites for hydroxylation is 1. The van der Waals surface area contributed by atoms with Crippen molar-refractivity contribution in [2.24, 2.45) is 0 Å². The van der Waals surface area contributed by atoms with E-state index in [2.05, 4.69) is 20.9 Å². The number of carbonyl (C=O) groups excluding carboxylic acids is 3. The lowest BCUT2D eigenvalue weighted by Gasteiger charge is -2.21. The number of anilines is 1. The second kappa shape index (κ2) is 6.84. The van der Waals surface area contributed by atoms with Gasteiger partial charge in [-0.1, -0.05) is 30.3 Å². The molecule has 7 nitrogen and oxygen atoms in total. The molecule has 1 saturated heterocycles. The van der Waals surface area contributed by atoms with Crippen LogP contribution in [0.2, 0.25) is 0 Å². The molecule has 4 N–H and O–H groups in total. The Hall–Kier alpha value is -3.61. The largest absolute Gasteiger partial charge is 0.361 e. The first-order chi connectivity index (χ1) is 13.5. The van der Waals surface area contributed by atoms with Gasteiger partial charge in [-0.25, -0.2) is 4.79 Å². The van der Waals surface area contributed by atoms with Gasteiger partial charge in [-0.15, -0.1) is 0 Å². The molecule has 1 aromatic heterocycles. The number of para-hydroxylation sites is 1. The van der Waals surface area contributed by atoms with Crippen LogP contribution in [0.3, 0.4) is 0 Å². The maximum absolute atomic E-state index is 12.4. The molecule has 142 valence electrons. The number of hydrogen-bond acceptors (Lipinski definition) is 3. The maximum Gasteiger partial charge on any atom is 0.322 e. The first-order valence-electron chi connectivity index (χ1n) is 9.05. The summed E-state index contributed by atoms with van der Waals surface area (Å²) in [6, 6.07) is 14.4. The number of benzene rings is 2. The number of imide groups is 1. The molecule has 0 radical (unpaired) electrons. The number of amides is 4. The number of nitrogens with one attached hydrogen (secondary N) is 4. The van der Waals surface area contributed by atoms with Gasteiger partial charge in [0.15, 0.2) is 0 Å². The molecule has 0 spiro atoms. The van der Waals surface area contributed by atoms with Crippen LogP contribution in [0.15, 0.2) is 54.7 Å². The number of hydrogen-bond donors (Lipinski definition) is 4. The van der Waals surface area contributed by atoms with Crippen molar-refractivity contribution in [3.8, 4) is 0 Å². The highest BCUT2D eigenvalue weighted by Gasteiger charge is 2.43. The minimum absolute atomic E-state index is 0.118. The Morgan fingerprint density at radius 1 is 1.11 bits per heavy atom. The van der Waals surface area contributed by atoms with Gasteiger partial charge in [-0.2, -0.15) is 0 Å². The minimum Gasteiger partial charge on any atom is -0.361 e. The van der Waals surface area contributed by atoms with E-state index in [1.807, 2.05) is 30.5 Å². The molecule has 3 aromatic rings. The molecule has 28 heavy (non-hydrogen) atoms. The SMILES string of the molecule is C[C@@]1(c2cccc(NC(=O)CCc3c[nH]c4ccccc34)c2)NC(=O)NC1=O. The molecule has 1 aliphatic rings. The Morgan fingerprint density at radius 2 is 1.93 bits per heavy atom. The summed E-state index contributed by atoms with van der Waals surface area (Å²) in [4.78, 5) is 39.2. The van der Waals surface area contributed by atoms with Gasteiger partial charge < -0.3 is 15.6 Å². The number of aromatic nitrogens is 1.